The van der Waals surface area contributed by atoms with E-state index in [1.54, 1.807) is 0 Å². The van der Waals surface area contributed by atoms with Crippen LogP contribution in [0, 0.1) is 5.92 Å². The topological polar surface area (TPSA) is 88.4 Å². The van der Waals surface area contributed by atoms with Gasteiger partial charge in [0.1, 0.15) is 12.4 Å². The average molecular weight is 276 g/mol. The summed E-state index contributed by atoms with van der Waals surface area (Å²) in [5.41, 5.74) is -0.835. The van der Waals surface area contributed by atoms with Gasteiger partial charge in [-0.15, -0.1) is 0 Å². The van der Waals surface area contributed by atoms with Gasteiger partial charge in [0.2, 0.25) is 0 Å². The molecule has 0 aromatic rings. The van der Waals surface area contributed by atoms with Crippen LogP contribution in [0.5, 0.6) is 0 Å². The molecule has 2 rings (SSSR count). The van der Waals surface area contributed by atoms with Crippen LogP contribution in [0.15, 0.2) is 0 Å². The molecule has 1 spiro atoms. The Morgan fingerprint density at radius 2 is 2.05 bits per heavy atom. The van der Waals surface area contributed by atoms with Crippen LogP contribution >= 0.6 is 0 Å². The largest absolute Gasteiger partial charge is 0.396 e. The molecule has 1 aliphatic heterocycles. The van der Waals surface area contributed by atoms with Gasteiger partial charge in [-0.1, -0.05) is 0 Å². The molecule has 0 radical (unpaired) electrons. The molecule has 0 aromatic carbocycles. The molecule has 112 valence electrons. The Labute approximate surface area is 113 Å². The second-order valence-corrected chi connectivity index (χ2v) is 5.71. The van der Waals surface area contributed by atoms with Crippen molar-refractivity contribution in [2.24, 2.45) is 5.92 Å². The molecule has 6 nitrogen and oxygen atoms in total. The third-order valence-corrected chi connectivity index (χ3v) is 4.01. The van der Waals surface area contributed by atoms with E-state index in [0.29, 0.717) is 19.3 Å². The Kier molecular flexibility index (Phi) is 5.16. The molecule has 6 heteroatoms. The van der Waals surface area contributed by atoms with Gasteiger partial charge in [0, 0.05) is 13.0 Å². The van der Waals surface area contributed by atoms with Gasteiger partial charge < -0.3 is 29.5 Å². The fourth-order valence-electron chi connectivity index (χ4n) is 2.89. The van der Waals surface area contributed by atoms with Gasteiger partial charge in [0.05, 0.1) is 31.5 Å². The molecule has 0 aromatic heterocycles. The molecule has 3 N–H and O–H groups in total. The van der Waals surface area contributed by atoms with Crippen molar-refractivity contribution in [1.82, 2.24) is 0 Å². The van der Waals surface area contributed by atoms with E-state index >= 15 is 0 Å². The Bertz CT molecular complexity index is 286. The number of hydrogen-bond acceptors (Lipinski definition) is 6. The Morgan fingerprint density at radius 1 is 1.26 bits per heavy atom. The molecule has 19 heavy (non-hydrogen) atoms. The van der Waals surface area contributed by atoms with Crippen LogP contribution in [-0.2, 0) is 14.2 Å². The second-order valence-electron chi connectivity index (χ2n) is 5.71. The van der Waals surface area contributed by atoms with Crippen molar-refractivity contribution < 1.29 is 29.5 Å². The quantitative estimate of drug-likeness (QED) is 0.606. The highest BCUT2D eigenvalue weighted by atomic mass is 16.7. The summed E-state index contributed by atoms with van der Waals surface area (Å²) in [6.45, 7) is 2.38. The molecular formula is C13H24O6. The lowest BCUT2D eigenvalue weighted by atomic mass is 9.99. The predicted octanol–water partition coefficient (Wildman–Crippen LogP) is -0.351. The molecule has 5 atom stereocenters. The highest BCUT2D eigenvalue weighted by molar-refractivity contribution is 4.98. The van der Waals surface area contributed by atoms with Crippen LogP contribution in [-0.4, -0.2) is 65.8 Å². The van der Waals surface area contributed by atoms with E-state index in [-0.39, 0.29) is 38.6 Å². The number of hydrogen-bond donors (Lipinski definition) is 3. The molecule has 1 heterocycles. The van der Waals surface area contributed by atoms with Gasteiger partial charge >= 0.3 is 0 Å². The number of rotatable bonds is 1. The van der Waals surface area contributed by atoms with Gasteiger partial charge in [-0.25, -0.2) is 0 Å². The van der Waals surface area contributed by atoms with Crippen molar-refractivity contribution in [2.45, 2.75) is 50.1 Å². The van der Waals surface area contributed by atoms with Crippen molar-refractivity contribution >= 4 is 0 Å². The smallest absolute Gasteiger partial charge is 0.147 e. The third kappa shape index (κ3) is 3.65. The van der Waals surface area contributed by atoms with E-state index in [1.165, 1.54) is 0 Å². The summed E-state index contributed by atoms with van der Waals surface area (Å²) < 4.78 is 16.6. The van der Waals surface area contributed by atoms with Gasteiger partial charge in [0.15, 0.2) is 0 Å². The lowest BCUT2D eigenvalue weighted by Gasteiger charge is -2.35. The molecule has 2 fully saturated rings. The normalized spacial score (nSPS) is 45.5. The summed E-state index contributed by atoms with van der Waals surface area (Å²) in [6.07, 6.45) is 0.101. The van der Waals surface area contributed by atoms with Gasteiger partial charge in [-0.3, -0.25) is 0 Å². The van der Waals surface area contributed by atoms with Crippen molar-refractivity contribution in [2.75, 3.05) is 26.6 Å². The van der Waals surface area contributed by atoms with Crippen LogP contribution in [0.2, 0.25) is 0 Å². The number of aliphatic hydroxyl groups is 3. The van der Waals surface area contributed by atoms with E-state index in [0.717, 1.165) is 0 Å². The minimum absolute atomic E-state index is 0.0125. The SMILES string of the molecule is CC1CC(O)COC2(COCO1)CC(CO)CC2O. The van der Waals surface area contributed by atoms with Gasteiger partial charge in [-0.2, -0.15) is 0 Å². The summed E-state index contributed by atoms with van der Waals surface area (Å²) in [6, 6.07) is 0. The second kappa shape index (κ2) is 6.47. The fraction of sp³-hybridized carbons (Fsp3) is 1.00. The van der Waals surface area contributed by atoms with E-state index in [9.17, 15) is 15.3 Å². The zero-order chi connectivity index (χ0) is 13.9. The monoisotopic (exact) mass is 276 g/mol. The highest BCUT2D eigenvalue weighted by Crippen LogP contribution is 2.38. The van der Waals surface area contributed by atoms with Crippen LogP contribution in [0.25, 0.3) is 0 Å². The van der Waals surface area contributed by atoms with Crippen molar-refractivity contribution in [3.63, 3.8) is 0 Å². The first-order valence-electron chi connectivity index (χ1n) is 6.86. The van der Waals surface area contributed by atoms with Crippen LogP contribution < -0.4 is 0 Å². The third-order valence-electron chi connectivity index (χ3n) is 4.01. The first-order valence-corrected chi connectivity index (χ1v) is 6.86. The summed E-state index contributed by atoms with van der Waals surface area (Å²) in [5.74, 6) is 0.0125. The standard InChI is InChI=1S/C13H24O6/c1-9-2-11(15)6-19-13(7-17-8-18-9)4-10(5-14)3-12(13)16/h9-12,14-16H,2-8H2,1H3. The molecule has 2 aliphatic rings. The van der Waals surface area contributed by atoms with Crippen LogP contribution in [0.4, 0.5) is 0 Å². The molecule has 0 amide bonds. The minimum atomic E-state index is -0.835. The van der Waals surface area contributed by atoms with Crippen molar-refractivity contribution in [3.8, 4) is 0 Å². The lowest BCUT2D eigenvalue weighted by Crippen LogP contribution is -2.47. The maximum Gasteiger partial charge on any atom is 0.147 e. The number of ether oxygens (including phenoxy) is 3. The molecule has 1 saturated carbocycles. The van der Waals surface area contributed by atoms with Crippen LogP contribution in [0.1, 0.15) is 26.2 Å². The minimum Gasteiger partial charge on any atom is -0.396 e. The zero-order valence-electron chi connectivity index (χ0n) is 11.3. The molecule has 1 aliphatic carbocycles. The highest BCUT2D eigenvalue weighted by Gasteiger charge is 2.48. The summed E-state index contributed by atoms with van der Waals surface area (Å²) in [5, 5.41) is 29.3. The van der Waals surface area contributed by atoms with E-state index < -0.39 is 17.8 Å². The maximum absolute atomic E-state index is 10.2. The number of aliphatic hydroxyl groups excluding tert-OH is 3. The molecular weight excluding hydrogens is 252 g/mol. The van der Waals surface area contributed by atoms with Crippen LogP contribution in [0.3, 0.4) is 0 Å². The Hall–Kier alpha value is -0.240. The first-order chi connectivity index (χ1) is 9.05. The van der Waals surface area contributed by atoms with Crippen molar-refractivity contribution in [3.05, 3.63) is 0 Å². The van der Waals surface area contributed by atoms with E-state index in [1.807, 2.05) is 6.92 Å². The summed E-state index contributed by atoms with van der Waals surface area (Å²) in [4.78, 5) is 0. The Balaban J connectivity index is 2.02. The molecule has 5 unspecified atom stereocenters. The first kappa shape index (κ1) is 15.2. The van der Waals surface area contributed by atoms with E-state index in [4.69, 9.17) is 14.2 Å². The Morgan fingerprint density at radius 3 is 2.74 bits per heavy atom. The van der Waals surface area contributed by atoms with Gasteiger partial charge in [-0.05, 0) is 25.7 Å². The lowest BCUT2D eigenvalue weighted by molar-refractivity contribution is -0.200. The molecule has 0 bridgehead atoms. The fourth-order valence-corrected chi connectivity index (χ4v) is 2.89. The predicted molar refractivity (Wildman–Crippen MR) is 66.5 cm³/mol. The summed E-state index contributed by atoms with van der Waals surface area (Å²) >= 11 is 0. The maximum atomic E-state index is 10.2. The molecule has 1 saturated heterocycles. The average Bonchev–Trinajstić information content (AvgIpc) is 2.69. The zero-order valence-corrected chi connectivity index (χ0v) is 11.3. The van der Waals surface area contributed by atoms with Gasteiger partial charge in [0.25, 0.3) is 0 Å². The van der Waals surface area contributed by atoms with Crippen molar-refractivity contribution in [1.29, 1.82) is 0 Å². The van der Waals surface area contributed by atoms with E-state index in [2.05, 4.69) is 0 Å². The summed E-state index contributed by atoms with van der Waals surface area (Å²) in [7, 11) is 0.